The molecule has 3 N–H and O–H groups in total. The molecule has 0 aliphatic heterocycles. The van der Waals surface area contributed by atoms with Crippen molar-refractivity contribution in [2.45, 2.75) is 68.7 Å². The summed E-state index contributed by atoms with van der Waals surface area (Å²) in [5.74, 6) is -1.61. The van der Waals surface area contributed by atoms with Gasteiger partial charge in [0.2, 0.25) is 17.7 Å². The second-order valence-corrected chi connectivity index (χ2v) is 9.22. The van der Waals surface area contributed by atoms with Crippen molar-refractivity contribution in [2.75, 3.05) is 6.54 Å². The minimum absolute atomic E-state index is 0.0742. The standard InChI is InChI=1S/C19H36N4O4/c1-12(2)10-14(24)21-23(22-16(26)18(5,6)7)17(27)19(8,9)11-20-15(25)13(3)4/h12-13H,10-11H2,1-9H3,(H,20,25)(H,21,24)(H,22,26). The molecule has 0 bridgehead atoms. The van der Waals surface area contributed by atoms with E-state index in [1.54, 1.807) is 48.5 Å². The summed E-state index contributed by atoms with van der Waals surface area (Å²) in [7, 11) is 0. The van der Waals surface area contributed by atoms with Gasteiger partial charge < -0.3 is 5.32 Å². The minimum Gasteiger partial charge on any atom is -0.355 e. The molecule has 0 fully saturated rings. The van der Waals surface area contributed by atoms with Crippen molar-refractivity contribution >= 4 is 23.6 Å². The number of hydrogen-bond acceptors (Lipinski definition) is 4. The first-order valence-corrected chi connectivity index (χ1v) is 9.30. The van der Waals surface area contributed by atoms with Crippen molar-refractivity contribution in [3.05, 3.63) is 0 Å². The van der Waals surface area contributed by atoms with Gasteiger partial charge in [0.25, 0.3) is 5.91 Å². The number of carbonyl (C=O) groups is 4. The fourth-order valence-corrected chi connectivity index (χ4v) is 1.83. The molecule has 156 valence electrons. The third-order valence-electron chi connectivity index (χ3n) is 3.74. The van der Waals surface area contributed by atoms with E-state index in [9.17, 15) is 19.2 Å². The molecule has 0 saturated carbocycles. The molecule has 0 aliphatic rings. The van der Waals surface area contributed by atoms with Crippen molar-refractivity contribution in [3.8, 4) is 0 Å². The molecule has 0 aromatic heterocycles. The summed E-state index contributed by atoms with van der Waals surface area (Å²) >= 11 is 0. The van der Waals surface area contributed by atoms with Crippen molar-refractivity contribution < 1.29 is 19.2 Å². The van der Waals surface area contributed by atoms with Gasteiger partial charge in [0.15, 0.2) is 0 Å². The predicted molar refractivity (Wildman–Crippen MR) is 104 cm³/mol. The zero-order chi connectivity index (χ0) is 21.6. The van der Waals surface area contributed by atoms with Crippen molar-refractivity contribution in [1.29, 1.82) is 0 Å². The van der Waals surface area contributed by atoms with Crippen LogP contribution in [0.2, 0.25) is 0 Å². The quantitative estimate of drug-likeness (QED) is 0.607. The molecule has 0 saturated heterocycles. The number of carbonyl (C=O) groups excluding carboxylic acids is 4. The molecular weight excluding hydrogens is 348 g/mol. The van der Waals surface area contributed by atoms with Crippen LogP contribution in [0.5, 0.6) is 0 Å². The Morgan fingerprint density at radius 1 is 0.889 bits per heavy atom. The molecule has 4 amide bonds. The smallest absolute Gasteiger partial charge is 0.268 e. The topological polar surface area (TPSA) is 108 Å². The van der Waals surface area contributed by atoms with Gasteiger partial charge in [-0.2, -0.15) is 5.12 Å². The second kappa shape index (κ2) is 9.71. The van der Waals surface area contributed by atoms with E-state index >= 15 is 0 Å². The highest BCUT2D eigenvalue weighted by Gasteiger charge is 2.36. The molecule has 27 heavy (non-hydrogen) atoms. The van der Waals surface area contributed by atoms with Gasteiger partial charge in [-0.3, -0.25) is 19.2 Å². The fraction of sp³-hybridized carbons (Fsp3) is 0.789. The van der Waals surface area contributed by atoms with Gasteiger partial charge in [0.1, 0.15) is 0 Å². The van der Waals surface area contributed by atoms with Gasteiger partial charge in [0.05, 0.1) is 5.41 Å². The molecule has 0 aliphatic carbocycles. The summed E-state index contributed by atoms with van der Waals surface area (Å²) in [5, 5.41) is 3.56. The van der Waals surface area contributed by atoms with Gasteiger partial charge in [-0.15, -0.1) is 0 Å². The first kappa shape index (κ1) is 24.9. The maximum atomic E-state index is 13.0. The molecule has 0 radical (unpaired) electrons. The average molecular weight is 385 g/mol. The molecule has 8 heteroatoms. The molecule has 8 nitrogen and oxygen atoms in total. The highest BCUT2D eigenvalue weighted by atomic mass is 16.2. The largest absolute Gasteiger partial charge is 0.355 e. The van der Waals surface area contributed by atoms with Crippen LogP contribution in [0.1, 0.15) is 68.7 Å². The molecule has 0 aromatic rings. The van der Waals surface area contributed by atoms with Crippen LogP contribution in [0.15, 0.2) is 0 Å². The molecule has 0 rings (SSSR count). The third-order valence-corrected chi connectivity index (χ3v) is 3.74. The summed E-state index contributed by atoms with van der Waals surface area (Å²) in [5.41, 5.74) is 3.15. The van der Waals surface area contributed by atoms with Gasteiger partial charge in [-0.25, -0.2) is 10.9 Å². The van der Waals surface area contributed by atoms with Crippen LogP contribution in [-0.2, 0) is 19.2 Å². The minimum atomic E-state index is -1.04. The fourth-order valence-electron chi connectivity index (χ4n) is 1.83. The van der Waals surface area contributed by atoms with Crippen LogP contribution in [0.25, 0.3) is 0 Å². The molecule has 0 spiro atoms. The Hall–Kier alpha value is -2.12. The van der Waals surface area contributed by atoms with E-state index in [1.165, 1.54) is 0 Å². The van der Waals surface area contributed by atoms with E-state index in [-0.39, 0.29) is 36.6 Å². The van der Waals surface area contributed by atoms with Crippen LogP contribution >= 0.6 is 0 Å². The average Bonchev–Trinajstić information content (AvgIpc) is 2.49. The first-order chi connectivity index (χ1) is 12.1. The number of amides is 4. The Labute approximate surface area is 162 Å². The lowest BCUT2D eigenvalue weighted by Crippen LogP contribution is -2.62. The van der Waals surface area contributed by atoms with E-state index in [1.807, 2.05) is 13.8 Å². The molecular formula is C19H36N4O4. The monoisotopic (exact) mass is 384 g/mol. The van der Waals surface area contributed by atoms with E-state index in [4.69, 9.17) is 0 Å². The first-order valence-electron chi connectivity index (χ1n) is 9.30. The molecule has 0 heterocycles. The van der Waals surface area contributed by atoms with Gasteiger partial charge >= 0.3 is 0 Å². The summed E-state index contributed by atoms with van der Waals surface area (Å²) < 4.78 is 0. The predicted octanol–water partition coefficient (Wildman–Crippen LogP) is 1.77. The van der Waals surface area contributed by atoms with Crippen LogP contribution in [0.4, 0.5) is 0 Å². The Morgan fingerprint density at radius 3 is 1.81 bits per heavy atom. The highest BCUT2D eigenvalue weighted by molar-refractivity contribution is 5.90. The number of nitrogens with zero attached hydrogens (tertiary/aromatic N) is 1. The number of hydrogen-bond donors (Lipinski definition) is 3. The Balaban J connectivity index is 5.37. The number of hydrazine groups is 2. The van der Waals surface area contributed by atoms with Crippen molar-refractivity contribution in [2.24, 2.45) is 22.7 Å². The highest BCUT2D eigenvalue weighted by Crippen LogP contribution is 2.18. The normalized spacial score (nSPS) is 12.0. The van der Waals surface area contributed by atoms with Gasteiger partial charge in [0, 0.05) is 24.3 Å². The Kier molecular flexibility index (Phi) is 8.95. The Morgan fingerprint density at radius 2 is 1.41 bits per heavy atom. The maximum Gasteiger partial charge on any atom is 0.268 e. The summed E-state index contributed by atoms with van der Waals surface area (Å²) in [6, 6.07) is 0. The van der Waals surface area contributed by atoms with E-state index < -0.39 is 22.6 Å². The zero-order valence-electron chi connectivity index (χ0n) is 18.1. The lowest BCUT2D eigenvalue weighted by Gasteiger charge is -2.33. The third kappa shape index (κ3) is 8.88. The SMILES string of the molecule is CC(C)CC(=O)NN(NC(=O)C(C)(C)C)C(=O)C(C)(C)CNC(=O)C(C)C. The van der Waals surface area contributed by atoms with Crippen LogP contribution in [0.3, 0.4) is 0 Å². The summed E-state index contributed by atoms with van der Waals surface area (Å²) in [6.07, 6.45) is 0.208. The lowest BCUT2D eigenvalue weighted by molar-refractivity contribution is -0.159. The number of nitrogens with one attached hydrogen (secondary N) is 3. The maximum absolute atomic E-state index is 13.0. The molecule has 0 unspecified atom stereocenters. The summed E-state index contributed by atoms with van der Waals surface area (Å²) in [4.78, 5) is 49.3. The van der Waals surface area contributed by atoms with Crippen molar-refractivity contribution in [1.82, 2.24) is 21.3 Å². The van der Waals surface area contributed by atoms with E-state index in [0.29, 0.717) is 0 Å². The van der Waals surface area contributed by atoms with Crippen LogP contribution in [0, 0.1) is 22.7 Å². The zero-order valence-corrected chi connectivity index (χ0v) is 18.1. The van der Waals surface area contributed by atoms with Gasteiger partial charge in [-0.1, -0.05) is 48.5 Å². The second-order valence-electron chi connectivity index (χ2n) is 9.22. The van der Waals surface area contributed by atoms with E-state index in [0.717, 1.165) is 5.12 Å². The molecule has 0 aromatic carbocycles. The lowest BCUT2D eigenvalue weighted by atomic mass is 9.92. The van der Waals surface area contributed by atoms with Crippen molar-refractivity contribution in [3.63, 3.8) is 0 Å². The van der Waals surface area contributed by atoms with Crippen LogP contribution < -0.4 is 16.2 Å². The van der Waals surface area contributed by atoms with Crippen LogP contribution in [-0.4, -0.2) is 35.3 Å². The Bertz CT molecular complexity index is 563. The van der Waals surface area contributed by atoms with Gasteiger partial charge in [-0.05, 0) is 19.8 Å². The van der Waals surface area contributed by atoms with E-state index in [2.05, 4.69) is 16.2 Å². The molecule has 0 atom stereocenters. The summed E-state index contributed by atoms with van der Waals surface area (Å²) in [6.45, 7) is 15.7. The number of rotatable bonds is 6.